The maximum Gasteiger partial charge on any atom is 0.149 e. The highest BCUT2D eigenvalue weighted by Crippen LogP contribution is 2.09. The molecule has 0 unspecified atom stereocenters. The van der Waals surface area contributed by atoms with E-state index < -0.39 is 18.9 Å². The summed E-state index contributed by atoms with van der Waals surface area (Å²) in [7, 11) is 0. The summed E-state index contributed by atoms with van der Waals surface area (Å²) in [6, 6.07) is 0. The maximum absolute atomic E-state index is 12.4. The molecule has 0 aromatic rings. The van der Waals surface area contributed by atoms with Crippen LogP contribution in [0.2, 0.25) is 0 Å². The molecule has 0 bridgehead atoms. The zero-order chi connectivity index (χ0) is 8.15. The summed E-state index contributed by atoms with van der Waals surface area (Å²) in [6.07, 6.45) is -2.09. The summed E-state index contributed by atoms with van der Waals surface area (Å²) in [5.41, 5.74) is 0. The van der Waals surface area contributed by atoms with E-state index in [1.165, 1.54) is 0 Å². The van der Waals surface area contributed by atoms with Crippen LogP contribution in [0, 0.1) is 5.92 Å². The van der Waals surface area contributed by atoms with Gasteiger partial charge in [0.05, 0.1) is 12.7 Å². The molecule has 2 N–H and O–H groups in total. The van der Waals surface area contributed by atoms with Gasteiger partial charge < -0.3 is 10.2 Å². The Balaban J connectivity index is 3.50. The van der Waals surface area contributed by atoms with Crippen LogP contribution in [0.1, 0.15) is 20.3 Å². The van der Waals surface area contributed by atoms with E-state index in [-0.39, 0.29) is 5.92 Å². The van der Waals surface area contributed by atoms with E-state index in [9.17, 15) is 4.39 Å². The van der Waals surface area contributed by atoms with E-state index in [1.54, 1.807) is 0 Å². The predicted molar refractivity (Wildman–Crippen MR) is 37.4 cm³/mol. The zero-order valence-electron chi connectivity index (χ0n) is 6.42. The Morgan fingerprint density at radius 1 is 1.40 bits per heavy atom. The van der Waals surface area contributed by atoms with Crippen molar-refractivity contribution in [3.8, 4) is 0 Å². The van der Waals surface area contributed by atoms with Crippen LogP contribution in [-0.2, 0) is 0 Å². The molecule has 0 aliphatic heterocycles. The fraction of sp³-hybridized carbons (Fsp3) is 1.00. The van der Waals surface area contributed by atoms with Crippen LogP contribution >= 0.6 is 0 Å². The molecule has 10 heavy (non-hydrogen) atoms. The quantitative estimate of drug-likeness (QED) is 0.620. The van der Waals surface area contributed by atoms with E-state index in [2.05, 4.69) is 0 Å². The standard InChI is InChI=1S/C7H15FO2/c1-5(2)3-7(10)6(8)4-9/h5-7,9-10H,3-4H2,1-2H3/t6-,7+/m0/s1. The van der Waals surface area contributed by atoms with Gasteiger partial charge in [-0.05, 0) is 12.3 Å². The number of hydrogen-bond donors (Lipinski definition) is 2. The molecular weight excluding hydrogens is 135 g/mol. The van der Waals surface area contributed by atoms with Crippen molar-refractivity contribution < 1.29 is 14.6 Å². The number of aliphatic hydroxyl groups excluding tert-OH is 2. The first kappa shape index (κ1) is 9.85. The second kappa shape index (κ2) is 4.63. The molecular formula is C7H15FO2. The van der Waals surface area contributed by atoms with Crippen molar-refractivity contribution in [2.75, 3.05) is 6.61 Å². The minimum Gasteiger partial charge on any atom is -0.393 e. The average Bonchev–Trinajstić information content (AvgIpc) is 1.85. The van der Waals surface area contributed by atoms with E-state index in [0.29, 0.717) is 6.42 Å². The highest BCUT2D eigenvalue weighted by Gasteiger charge is 2.17. The fourth-order valence-corrected chi connectivity index (χ4v) is 0.752. The molecule has 2 nitrogen and oxygen atoms in total. The first-order valence-corrected chi connectivity index (χ1v) is 3.51. The Morgan fingerprint density at radius 2 is 1.90 bits per heavy atom. The first-order chi connectivity index (χ1) is 4.57. The molecule has 62 valence electrons. The van der Waals surface area contributed by atoms with Gasteiger partial charge in [0, 0.05) is 0 Å². The molecule has 0 saturated carbocycles. The maximum atomic E-state index is 12.4. The lowest BCUT2D eigenvalue weighted by atomic mass is 10.0. The van der Waals surface area contributed by atoms with Crippen LogP contribution in [0.3, 0.4) is 0 Å². The SMILES string of the molecule is CC(C)C[C@@H](O)[C@@H](F)CO. The van der Waals surface area contributed by atoms with Gasteiger partial charge in [-0.1, -0.05) is 13.8 Å². The number of rotatable bonds is 4. The normalized spacial score (nSPS) is 17.4. The minimum absolute atomic E-state index is 0.264. The van der Waals surface area contributed by atoms with E-state index in [4.69, 9.17) is 10.2 Å². The smallest absolute Gasteiger partial charge is 0.149 e. The summed E-state index contributed by atoms with van der Waals surface area (Å²) in [5.74, 6) is 0.264. The van der Waals surface area contributed by atoms with Crippen LogP contribution in [0.25, 0.3) is 0 Å². The van der Waals surface area contributed by atoms with Gasteiger partial charge in [-0.2, -0.15) is 0 Å². The lowest BCUT2D eigenvalue weighted by Crippen LogP contribution is -2.26. The van der Waals surface area contributed by atoms with Crippen LogP contribution in [0.15, 0.2) is 0 Å². The number of aliphatic hydroxyl groups is 2. The van der Waals surface area contributed by atoms with Gasteiger partial charge in [0.25, 0.3) is 0 Å². The van der Waals surface area contributed by atoms with Crippen molar-refractivity contribution in [2.45, 2.75) is 32.5 Å². The van der Waals surface area contributed by atoms with E-state index >= 15 is 0 Å². The van der Waals surface area contributed by atoms with E-state index in [1.807, 2.05) is 13.8 Å². The number of halogens is 1. The lowest BCUT2D eigenvalue weighted by molar-refractivity contribution is 0.0277. The van der Waals surface area contributed by atoms with Gasteiger partial charge in [-0.15, -0.1) is 0 Å². The van der Waals surface area contributed by atoms with Crippen molar-refractivity contribution in [3.05, 3.63) is 0 Å². The van der Waals surface area contributed by atoms with Crippen LogP contribution in [0.4, 0.5) is 4.39 Å². The largest absolute Gasteiger partial charge is 0.393 e. The summed E-state index contributed by atoms with van der Waals surface area (Å²) in [6.45, 7) is 3.20. The second-order valence-corrected chi connectivity index (χ2v) is 2.90. The molecule has 0 rings (SSSR count). The summed E-state index contributed by atoms with van der Waals surface area (Å²) in [5, 5.41) is 17.2. The summed E-state index contributed by atoms with van der Waals surface area (Å²) >= 11 is 0. The zero-order valence-corrected chi connectivity index (χ0v) is 6.42. The third-order valence-corrected chi connectivity index (χ3v) is 1.30. The third kappa shape index (κ3) is 3.80. The third-order valence-electron chi connectivity index (χ3n) is 1.30. The van der Waals surface area contributed by atoms with Crippen molar-refractivity contribution >= 4 is 0 Å². The van der Waals surface area contributed by atoms with Gasteiger partial charge in [0.1, 0.15) is 6.17 Å². The molecule has 0 aliphatic carbocycles. The van der Waals surface area contributed by atoms with E-state index in [0.717, 1.165) is 0 Å². The highest BCUT2D eigenvalue weighted by molar-refractivity contribution is 4.67. The average molecular weight is 150 g/mol. The second-order valence-electron chi connectivity index (χ2n) is 2.90. The van der Waals surface area contributed by atoms with Crippen LogP contribution in [0.5, 0.6) is 0 Å². The molecule has 0 amide bonds. The lowest BCUT2D eigenvalue weighted by Gasteiger charge is -2.14. The molecule has 0 fully saturated rings. The Kier molecular flexibility index (Phi) is 4.56. The summed E-state index contributed by atoms with van der Waals surface area (Å²) in [4.78, 5) is 0. The van der Waals surface area contributed by atoms with Crippen molar-refractivity contribution in [2.24, 2.45) is 5.92 Å². The topological polar surface area (TPSA) is 40.5 Å². The molecule has 0 aromatic heterocycles. The van der Waals surface area contributed by atoms with Crippen molar-refractivity contribution in [1.29, 1.82) is 0 Å². The Morgan fingerprint density at radius 3 is 2.20 bits per heavy atom. The molecule has 2 atom stereocenters. The number of alkyl halides is 1. The summed E-state index contributed by atoms with van der Waals surface area (Å²) < 4.78 is 12.4. The van der Waals surface area contributed by atoms with Gasteiger partial charge >= 0.3 is 0 Å². The van der Waals surface area contributed by atoms with Gasteiger partial charge in [-0.25, -0.2) is 4.39 Å². The van der Waals surface area contributed by atoms with Crippen LogP contribution < -0.4 is 0 Å². The minimum atomic E-state index is -1.48. The highest BCUT2D eigenvalue weighted by atomic mass is 19.1. The first-order valence-electron chi connectivity index (χ1n) is 3.51. The van der Waals surface area contributed by atoms with Crippen LogP contribution in [-0.4, -0.2) is 29.1 Å². The van der Waals surface area contributed by atoms with Gasteiger partial charge in [-0.3, -0.25) is 0 Å². The Bertz CT molecular complexity index is 85.7. The number of hydrogen-bond acceptors (Lipinski definition) is 2. The van der Waals surface area contributed by atoms with Crippen molar-refractivity contribution in [1.82, 2.24) is 0 Å². The molecule has 0 spiro atoms. The Hall–Kier alpha value is -0.150. The fourth-order valence-electron chi connectivity index (χ4n) is 0.752. The predicted octanol–water partition coefficient (Wildman–Crippen LogP) is 0.724. The van der Waals surface area contributed by atoms with Gasteiger partial charge in [0.15, 0.2) is 0 Å². The molecule has 0 radical (unpaired) electrons. The molecule has 0 aliphatic rings. The molecule has 3 heteroatoms. The molecule has 0 aromatic carbocycles. The van der Waals surface area contributed by atoms with Crippen molar-refractivity contribution in [3.63, 3.8) is 0 Å². The Labute approximate surface area is 60.7 Å². The molecule has 0 heterocycles. The van der Waals surface area contributed by atoms with Gasteiger partial charge in [0.2, 0.25) is 0 Å². The monoisotopic (exact) mass is 150 g/mol. The molecule has 0 saturated heterocycles.